The number of hydrogen-bond acceptors (Lipinski definition) is 4. The lowest BCUT2D eigenvalue weighted by molar-refractivity contribution is -0.517. The van der Waals surface area contributed by atoms with Gasteiger partial charge in [-0.2, -0.15) is 4.89 Å². The molecule has 6 rings (SSSR count). The standard InChI is InChI=1S/C21H25FO4/c1-12(15-3-4-19(23-2)18(22)10-15)20-11-24-21(26-25-20)16-6-13-5-14(8-16)9-17(21)7-13/h3-4,10,13-14,16-17,20H,1,5-9,11H2,2H3. The molecule has 4 bridgehead atoms. The number of benzene rings is 1. The van der Waals surface area contributed by atoms with E-state index in [0.717, 1.165) is 11.8 Å². The molecule has 5 heteroatoms. The molecule has 1 heterocycles. The van der Waals surface area contributed by atoms with Gasteiger partial charge in [-0.25, -0.2) is 9.28 Å². The van der Waals surface area contributed by atoms with Crippen LogP contribution in [0.25, 0.3) is 5.57 Å². The molecule has 5 aliphatic rings. The Hall–Kier alpha value is -1.43. The number of halogens is 1. The molecule has 4 aliphatic carbocycles. The van der Waals surface area contributed by atoms with Crippen molar-refractivity contribution in [1.29, 1.82) is 0 Å². The lowest BCUT2D eigenvalue weighted by Gasteiger charge is -2.60. The van der Waals surface area contributed by atoms with Gasteiger partial charge in [0.05, 0.1) is 13.7 Å². The van der Waals surface area contributed by atoms with Gasteiger partial charge in [-0.15, -0.1) is 0 Å². The second-order valence-corrected chi connectivity index (χ2v) is 8.38. The van der Waals surface area contributed by atoms with Crippen molar-refractivity contribution in [2.24, 2.45) is 23.7 Å². The van der Waals surface area contributed by atoms with Gasteiger partial charge < -0.3 is 9.47 Å². The van der Waals surface area contributed by atoms with E-state index >= 15 is 0 Å². The molecule has 26 heavy (non-hydrogen) atoms. The van der Waals surface area contributed by atoms with Crippen molar-refractivity contribution >= 4 is 5.57 Å². The largest absolute Gasteiger partial charge is 0.494 e. The average molecular weight is 360 g/mol. The van der Waals surface area contributed by atoms with E-state index in [-0.39, 0.29) is 5.75 Å². The van der Waals surface area contributed by atoms with Crippen molar-refractivity contribution in [3.05, 3.63) is 36.2 Å². The second kappa shape index (κ2) is 6.04. The van der Waals surface area contributed by atoms with E-state index < -0.39 is 17.7 Å². The van der Waals surface area contributed by atoms with E-state index in [4.69, 9.17) is 19.2 Å². The third-order valence-electron chi connectivity index (χ3n) is 6.94. The Bertz CT molecular complexity index is 693. The maximum absolute atomic E-state index is 14.0. The van der Waals surface area contributed by atoms with Crippen molar-refractivity contribution in [1.82, 2.24) is 0 Å². The first-order valence-corrected chi connectivity index (χ1v) is 9.60. The molecule has 0 N–H and O–H groups in total. The van der Waals surface area contributed by atoms with Crippen LogP contribution < -0.4 is 4.74 Å². The molecule has 140 valence electrons. The fourth-order valence-electron chi connectivity index (χ4n) is 5.81. The van der Waals surface area contributed by atoms with Gasteiger partial charge in [0.2, 0.25) is 5.79 Å². The summed E-state index contributed by atoms with van der Waals surface area (Å²) in [6.45, 7) is 4.48. The molecule has 4 saturated carbocycles. The van der Waals surface area contributed by atoms with Crippen LogP contribution in [-0.4, -0.2) is 25.6 Å². The predicted molar refractivity (Wildman–Crippen MR) is 93.7 cm³/mol. The summed E-state index contributed by atoms with van der Waals surface area (Å²) in [4.78, 5) is 11.8. The third-order valence-corrected chi connectivity index (χ3v) is 6.94. The Labute approximate surface area is 153 Å². The second-order valence-electron chi connectivity index (χ2n) is 8.38. The molecule has 1 aromatic carbocycles. The number of rotatable bonds is 3. The quantitative estimate of drug-likeness (QED) is 0.751. The highest BCUT2D eigenvalue weighted by Crippen LogP contribution is 2.60. The van der Waals surface area contributed by atoms with E-state index in [1.165, 1.54) is 45.3 Å². The first-order valence-electron chi connectivity index (χ1n) is 9.60. The maximum atomic E-state index is 14.0. The Balaban J connectivity index is 1.30. The normalized spacial score (nSPS) is 40.8. The van der Waals surface area contributed by atoms with Crippen LogP contribution in [0, 0.1) is 29.5 Å². The molecule has 0 amide bonds. The van der Waals surface area contributed by atoms with Gasteiger partial charge in [-0.3, -0.25) is 0 Å². The zero-order valence-electron chi connectivity index (χ0n) is 15.1. The van der Waals surface area contributed by atoms with Crippen LogP contribution in [0.2, 0.25) is 0 Å². The molecule has 1 atom stereocenters. The smallest absolute Gasteiger partial charge is 0.207 e. The van der Waals surface area contributed by atoms with Gasteiger partial charge in [0.1, 0.15) is 6.10 Å². The van der Waals surface area contributed by atoms with Gasteiger partial charge in [-0.1, -0.05) is 12.6 Å². The topological polar surface area (TPSA) is 36.9 Å². The van der Waals surface area contributed by atoms with E-state index in [0.29, 0.717) is 29.6 Å². The SMILES string of the molecule is C=C(c1ccc(OC)c(F)c1)C1COC2(OO1)C1CC3CC(C1)CC2C3. The lowest BCUT2D eigenvalue weighted by atomic mass is 9.53. The summed E-state index contributed by atoms with van der Waals surface area (Å²) in [5, 5.41) is 0. The molecule has 1 aliphatic heterocycles. The zero-order valence-corrected chi connectivity index (χ0v) is 15.1. The van der Waals surface area contributed by atoms with Gasteiger partial charge in [0.15, 0.2) is 11.6 Å². The van der Waals surface area contributed by atoms with Crippen molar-refractivity contribution in [3.63, 3.8) is 0 Å². The highest BCUT2D eigenvalue weighted by atomic mass is 19.1. The first-order chi connectivity index (χ1) is 12.6. The molecule has 4 nitrogen and oxygen atoms in total. The monoisotopic (exact) mass is 360 g/mol. The molecule has 0 aromatic heterocycles. The molecular formula is C21H25FO4. The van der Waals surface area contributed by atoms with E-state index in [2.05, 4.69) is 6.58 Å². The van der Waals surface area contributed by atoms with Gasteiger partial charge >= 0.3 is 0 Å². The minimum atomic E-state index is -0.574. The summed E-state index contributed by atoms with van der Waals surface area (Å²) in [7, 11) is 1.45. The summed E-state index contributed by atoms with van der Waals surface area (Å²) >= 11 is 0. The number of ether oxygens (including phenoxy) is 2. The summed E-state index contributed by atoms with van der Waals surface area (Å²) in [5.41, 5.74) is 1.33. The van der Waals surface area contributed by atoms with Crippen molar-refractivity contribution in [2.75, 3.05) is 13.7 Å². The molecule has 5 fully saturated rings. The molecular weight excluding hydrogens is 335 g/mol. The van der Waals surface area contributed by atoms with Gasteiger partial charge in [0.25, 0.3) is 0 Å². The molecule has 1 unspecified atom stereocenters. The minimum absolute atomic E-state index is 0.214. The summed E-state index contributed by atoms with van der Waals surface area (Å²) < 4.78 is 25.3. The highest BCUT2D eigenvalue weighted by Gasteiger charge is 2.61. The first kappa shape index (κ1) is 16.7. The van der Waals surface area contributed by atoms with Crippen LogP contribution in [0.1, 0.15) is 37.7 Å². The summed E-state index contributed by atoms with van der Waals surface area (Å²) in [6, 6.07) is 4.79. The number of methoxy groups -OCH3 is 1. The van der Waals surface area contributed by atoms with Gasteiger partial charge in [-0.05, 0) is 67.2 Å². The van der Waals surface area contributed by atoms with Crippen LogP contribution in [0.4, 0.5) is 4.39 Å². The lowest BCUT2D eigenvalue weighted by Crippen LogP contribution is -2.63. The molecule has 1 saturated heterocycles. The Morgan fingerprint density at radius 3 is 2.38 bits per heavy atom. The summed E-state index contributed by atoms with van der Waals surface area (Å²) in [6.07, 6.45) is 5.70. The van der Waals surface area contributed by atoms with Gasteiger partial charge in [0, 0.05) is 11.8 Å². The molecule has 1 spiro atoms. The van der Waals surface area contributed by atoms with Crippen LogP contribution in [0.3, 0.4) is 0 Å². The predicted octanol–water partition coefficient (Wildman–Crippen LogP) is 4.35. The zero-order chi connectivity index (χ0) is 17.9. The van der Waals surface area contributed by atoms with Crippen LogP contribution in [0.15, 0.2) is 24.8 Å². The fraction of sp³-hybridized carbons (Fsp3) is 0.619. The third kappa shape index (κ3) is 2.44. The Morgan fingerprint density at radius 1 is 1.15 bits per heavy atom. The van der Waals surface area contributed by atoms with Crippen molar-refractivity contribution in [3.8, 4) is 5.75 Å². The van der Waals surface area contributed by atoms with Crippen LogP contribution in [-0.2, 0) is 14.5 Å². The van der Waals surface area contributed by atoms with Crippen molar-refractivity contribution < 1.29 is 23.6 Å². The van der Waals surface area contributed by atoms with Crippen LogP contribution in [0.5, 0.6) is 5.75 Å². The van der Waals surface area contributed by atoms with E-state index in [1.807, 2.05) is 0 Å². The molecule has 0 radical (unpaired) electrons. The highest BCUT2D eigenvalue weighted by molar-refractivity contribution is 5.67. The Morgan fingerprint density at radius 2 is 1.85 bits per heavy atom. The average Bonchev–Trinajstić information content (AvgIpc) is 2.65. The minimum Gasteiger partial charge on any atom is -0.494 e. The Kier molecular flexibility index (Phi) is 3.89. The maximum Gasteiger partial charge on any atom is 0.207 e. The van der Waals surface area contributed by atoms with Crippen LogP contribution >= 0.6 is 0 Å². The molecule has 1 aromatic rings. The number of hydrogen-bond donors (Lipinski definition) is 0. The van der Waals surface area contributed by atoms with Crippen molar-refractivity contribution in [2.45, 2.75) is 44.0 Å². The fourth-order valence-corrected chi connectivity index (χ4v) is 5.81. The summed E-state index contributed by atoms with van der Waals surface area (Å²) in [5.74, 6) is 1.77. The van der Waals surface area contributed by atoms with E-state index in [1.54, 1.807) is 12.1 Å². The van der Waals surface area contributed by atoms with E-state index in [9.17, 15) is 4.39 Å².